The molecule has 1 aromatic rings. The molecule has 0 atom stereocenters. The van der Waals surface area contributed by atoms with Crippen LogP contribution in [0.3, 0.4) is 0 Å². The van der Waals surface area contributed by atoms with Crippen molar-refractivity contribution in [2.45, 2.75) is 20.3 Å². The highest BCUT2D eigenvalue weighted by Gasteiger charge is 2.11. The van der Waals surface area contributed by atoms with Crippen molar-refractivity contribution in [1.29, 1.82) is 0 Å². The van der Waals surface area contributed by atoms with Crippen molar-refractivity contribution < 1.29 is 9.53 Å². The molecule has 0 saturated carbocycles. The van der Waals surface area contributed by atoms with Crippen LogP contribution in [-0.4, -0.2) is 30.7 Å². The maximum Gasteiger partial charge on any atom is 0.409 e. The van der Waals surface area contributed by atoms with E-state index in [1.54, 1.807) is 16.2 Å². The van der Waals surface area contributed by atoms with Gasteiger partial charge in [-0.1, -0.05) is 6.07 Å². The van der Waals surface area contributed by atoms with E-state index < -0.39 is 0 Å². The molecule has 0 saturated heterocycles. The third-order valence-corrected chi connectivity index (χ3v) is 3.05. The van der Waals surface area contributed by atoms with E-state index >= 15 is 0 Å². The van der Waals surface area contributed by atoms with Gasteiger partial charge in [0, 0.05) is 18.0 Å². The number of ether oxygens (including phenoxy) is 1. The van der Waals surface area contributed by atoms with Crippen LogP contribution in [0.25, 0.3) is 0 Å². The molecule has 1 heterocycles. The summed E-state index contributed by atoms with van der Waals surface area (Å²) in [4.78, 5) is 14.5. The van der Waals surface area contributed by atoms with Crippen LogP contribution in [0.15, 0.2) is 17.5 Å². The van der Waals surface area contributed by atoms with Gasteiger partial charge in [-0.15, -0.1) is 11.3 Å². The minimum atomic E-state index is -0.212. The molecule has 15 heavy (non-hydrogen) atoms. The lowest BCUT2D eigenvalue weighted by Gasteiger charge is -2.19. The van der Waals surface area contributed by atoms with E-state index in [0.717, 1.165) is 13.0 Å². The summed E-state index contributed by atoms with van der Waals surface area (Å²) in [5.41, 5.74) is 0. The zero-order valence-electron chi connectivity index (χ0n) is 9.23. The summed E-state index contributed by atoms with van der Waals surface area (Å²) in [5.74, 6) is 0. The Bertz CT molecular complexity index is 285. The van der Waals surface area contributed by atoms with Gasteiger partial charge in [-0.05, 0) is 31.7 Å². The summed E-state index contributed by atoms with van der Waals surface area (Å²) >= 11 is 1.72. The van der Waals surface area contributed by atoms with E-state index in [0.29, 0.717) is 13.2 Å². The first kappa shape index (κ1) is 12.0. The number of rotatable bonds is 5. The molecule has 3 nitrogen and oxygen atoms in total. The predicted octanol–water partition coefficient (Wildman–Crippen LogP) is 2.77. The Balaban J connectivity index is 2.37. The van der Waals surface area contributed by atoms with Crippen molar-refractivity contribution in [3.63, 3.8) is 0 Å². The monoisotopic (exact) mass is 227 g/mol. The van der Waals surface area contributed by atoms with Crippen LogP contribution in [0.2, 0.25) is 0 Å². The smallest absolute Gasteiger partial charge is 0.409 e. The van der Waals surface area contributed by atoms with Gasteiger partial charge in [0.25, 0.3) is 0 Å². The van der Waals surface area contributed by atoms with E-state index in [9.17, 15) is 4.79 Å². The number of hydrogen-bond donors (Lipinski definition) is 0. The summed E-state index contributed by atoms with van der Waals surface area (Å²) in [6.45, 7) is 5.66. The molecule has 4 heteroatoms. The minimum Gasteiger partial charge on any atom is -0.450 e. The van der Waals surface area contributed by atoms with Gasteiger partial charge in [-0.25, -0.2) is 4.79 Å². The van der Waals surface area contributed by atoms with Crippen LogP contribution in [0.4, 0.5) is 4.79 Å². The fraction of sp³-hybridized carbons (Fsp3) is 0.545. The highest BCUT2D eigenvalue weighted by molar-refractivity contribution is 7.09. The largest absolute Gasteiger partial charge is 0.450 e. The summed E-state index contributed by atoms with van der Waals surface area (Å²) < 4.78 is 4.96. The van der Waals surface area contributed by atoms with Crippen LogP contribution in [-0.2, 0) is 11.2 Å². The van der Waals surface area contributed by atoms with Gasteiger partial charge in [0.05, 0.1) is 6.61 Å². The molecule has 1 amide bonds. The SMILES string of the molecule is CCOC(=O)N(CC)CCc1cccs1. The molecule has 0 spiro atoms. The molecule has 0 aromatic carbocycles. The van der Waals surface area contributed by atoms with E-state index in [4.69, 9.17) is 4.74 Å². The first-order valence-corrected chi connectivity index (χ1v) is 6.10. The molecule has 0 aliphatic rings. The number of hydrogen-bond acceptors (Lipinski definition) is 3. The molecule has 0 unspecified atom stereocenters. The van der Waals surface area contributed by atoms with Crippen molar-refractivity contribution in [3.8, 4) is 0 Å². The summed E-state index contributed by atoms with van der Waals surface area (Å²) in [6.07, 6.45) is 0.696. The third kappa shape index (κ3) is 3.91. The van der Waals surface area contributed by atoms with Crippen molar-refractivity contribution in [3.05, 3.63) is 22.4 Å². The molecule has 1 aromatic heterocycles. The minimum absolute atomic E-state index is 0.212. The lowest BCUT2D eigenvalue weighted by atomic mass is 10.3. The number of carbonyl (C=O) groups is 1. The molecule has 0 bridgehead atoms. The summed E-state index contributed by atoms with van der Waals surface area (Å²) in [6, 6.07) is 4.12. The first-order valence-electron chi connectivity index (χ1n) is 5.22. The maximum absolute atomic E-state index is 11.4. The fourth-order valence-electron chi connectivity index (χ4n) is 1.29. The highest BCUT2D eigenvalue weighted by Crippen LogP contribution is 2.10. The second-order valence-corrected chi connectivity index (χ2v) is 4.14. The summed E-state index contributed by atoms with van der Waals surface area (Å²) in [5, 5.41) is 2.05. The van der Waals surface area contributed by atoms with Crippen molar-refractivity contribution >= 4 is 17.4 Å². The highest BCUT2D eigenvalue weighted by atomic mass is 32.1. The maximum atomic E-state index is 11.4. The van der Waals surface area contributed by atoms with Gasteiger partial charge in [-0.3, -0.25) is 0 Å². The number of nitrogens with zero attached hydrogens (tertiary/aromatic N) is 1. The third-order valence-electron chi connectivity index (χ3n) is 2.12. The van der Waals surface area contributed by atoms with Crippen LogP contribution in [0.1, 0.15) is 18.7 Å². The summed E-state index contributed by atoms with van der Waals surface area (Å²) in [7, 11) is 0. The standard InChI is InChI=1S/C11H17NO2S/c1-3-12(11(13)14-4-2)8-7-10-6-5-9-15-10/h5-6,9H,3-4,7-8H2,1-2H3. The number of thiophene rings is 1. The lowest BCUT2D eigenvalue weighted by molar-refractivity contribution is 0.109. The van der Waals surface area contributed by atoms with E-state index in [-0.39, 0.29) is 6.09 Å². The Morgan fingerprint density at radius 3 is 2.87 bits per heavy atom. The van der Waals surface area contributed by atoms with E-state index in [2.05, 4.69) is 11.4 Å². The molecular weight excluding hydrogens is 210 g/mol. The number of amides is 1. The van der Waals surface area contributed by atoms with Crippen LogP contribution in [0, 0.1) is 0 Å². The molecule has 84 valence electrons. The second kappa shape index (κ2) is 6.45. The van der Waals surface area contributed by atoms with Crippen molar-refractivity contribution in [2.24, 2.45) is 0 Å². The molecule has 0 fully saturated rings. The Kier molecular flexibility index (Phi) is 5.18. The average molecular weight is 227 g/mol. The fourth-order valence-corrected chi connectivity index (χ4v) is 1.99. The Morgan fingerprint density at radius 2 is 2.33 bits per heavy atom. The van der Waals surface area contributed by atoms with Gasteiger partial charge >= 0.3 is 6.09 Å². The van der Waals surface area contributed by atoms with Gasteiger partial charge in [0.2, 0.25) is 0 Å². The van der Waals surface area contributed by atoms with E-state index in [1.165, 1.54) is 4.88 Å². The first-order chi connectivity index (χ1) is 7.27. The zero-order valence-corrected chi connectivity index (χ0v) is 10.0. The number of likely N-dealkylation sites (N-methyl/N-ethyl adjacent to an activating group) is 1. The molecular formula is C11H17NO2S. The molecule has 1 rings (SSSR count). The molecule has 0 aliphatic heterocycles. The van der Waals surface area contributed by atoms with Gasteiger partial charge in [0.1, 0.15) is 0 Å². The van der Waals surface area contributed by atoms with Crippen molar-refractivity contribution in [1.82, 2.24) is 4.90 Å². The van der Waals surface area contributed by atoms with Crippen LogP contribution < -0.4 is 0 Å². The van der Waals surface area contributed by atoms with Crippen molar-refractivity contribution in [2.75, 3.05) is 19.7 Å². The van der Waals surface area contributed by atoms with Crippen LogP contribution >= 0.6 is 11.3 Å². The van der Waals surface area contributed by atoms with Gasteiger partial charge in [0.15, 0.2) is 0 Å². The lowest BCUT2D eigenvalue weighted by Crippen LogP contribution is -2.33. The Morgan fingerprint density at radius 1 is 1.53 bits per heavy atom. The molecule has 0 radical (unpaired) electrons. The molecule has 0 aliphatic carbocycles. The van der Waals surface area contributed by atoms with Gasteiger partial charge in [-0.2, -0.15) is 0 Å². The quantitative estimate of drug-likeness (QED) is 0.774. The topological polar surface area (TPSA) is 29.5 Å². The normalized spacial score (nSPS) is 10.0. The molecule has 0 N–H and O–H groups in total. The average Bonchev–Trinajstić information content (AvgIpc) is 2.72. The predicted molar refractivity (Wildman–Crippen MR) is 62.3 cm³/mol. The second-order valence-electron chi connectivity index (χ2n) is 3.11. The van der Waals surface area contributed by atoms with Crippen LogP contribution in [0.5, 0.6) is 0 Å². The van der Waals surface area contributed by atoms with Gasteiger partial charge < -0.3 is 9.64 Å². The van der Waals surface area contributed by atoms with E-state index in [1.807, 2.05) is 19.9 Å². The number of carbonyl (C=O) groups excluding carboxylic acids is 1. The Labute approximate surface area is 94.7 Å². The zero-order chi connectivity index (χ0) is 11.1. The Hall–Kier alpha value is -1.03.